The molecule has 1 aliphatic carbocycles. The smallest absolute Gasteiger partial charge is 0.208 e. The van der Waals surface area contributed by atoms with Crippen molar-refractivity contribution in [3.8, 4) is 0 Å². The Kier molecular flexibility index (Phi) is 8.23. The normalized spacial score (nSPS) is 27.8. The van der Waals surface area contributed by atoms with Gasteiger partial charge < -0.3 is 4.74 Å². The Morgan fingerprint density at radius 1 is 0.970 bits per heavy atom. The van der Waals surface area contributed by atoms with E-state index >= 15 is 0 Å². The first-order chi connectivity index (χ1) is 15.9. The molecule has 0 radical (unpaired) electrons. The molecule has 1 unspecified atom stereocenters. The molecule has 1 saturated carbocycles. The first-order valence-corrected chi connectivity index (χ1v) is 14.2. The average Bonchev–Trinajstić information content (AvgIpc) is 2.83. The summed E-state index contributed by atoms with van der Waals surface area (Å²) in [5.41, 5.74) is 2.73. The molecule has 1 N–H and O–H groups in total. The van der Waals surface area contributed by atoms with Crippen LogP contribution in [-0.4, -0.2) is 51.4 Å². The standard InChI is InChI=1S/C27H38N2O3S/c1-21(22-9-5-3-6-10-22)29-18-17-27(28-33(2,30)31)25(19-29)20-32-26-15-13-24(14-16-26)23-11-7-4-8-12-23/h3-12,21,24-28H,13-20H2,1-2H3/t21-,24?,25?,26?,27+/m1/s1. The van der Waals surface area contributed by atoms with Gasteiger partial charge in [0, 0.05) is 31.1 Å². The zero-order valence-electron chi connectivity index (χ0n) is 19.9. The molecule has 2 aromatic rings. The van der Waals surface area contributed by atoms with E-state index in [-0.39, 0.29) is 18.1 Å². The molecule has 2 fully saturated rings. The molecule has 0 spiro atoms. The van der Waals surface area contributed by atoms with Gasteiger partial charge in [-0.3, -0.25) is 4.90 Å². The predicted molar refractivity (Wildman–Crippen MR) is 134 cm³/mol. The Labute approximate surface area is 199 Å². The largest absolute Gasteiger partial charge is 0.378 e. The maximum Gasteiger partial charge on any atom is 0.208 e. The number of nitrogens with one attached hydrogen (secondary N) is 1. The molecule has 3 atom stereocenters. The van der Waals surface area contributed by atoms with Crippen LogP contribution in [0.2, 0.25) is 0 Å². The van der Waals surface area contributed by atoms with E-state index < -0.39 is 10.0 Å². The number of hydrogen-bond acceptors (Lipinski definition) is 4. The maximum atomic E-state index is 12.0. The topological polar surface area (TPSA) is 58.6 Å². The molecule has 33 heavy (non-hydrogen) atoms. The Bertz CT molecular complexity index is 959. The minimum absolute atomic E-state index is 0.0696. The van der Waals surface area contributed by atoms with Crippen molar-refractivity contribution in [3.05, 3.63) is 71.8 Å². The summed E-state index contributed by atoms with van der Waals surface area (Å²) >= 11 is 0. The Morgan fingerprint density at radius 3 is 2.24 bits per heavy atom. The molecular weight excluding hydrogens is 432 g/mol. The van der Waals surface area contributed by atoms with E-state index in [1.54, 1.807) is 0 Å². The number of likely N-dealkylation sites (tertiary alicyclic amines) is 1. The zero-order valence-corrected chi connectivity index (χ0v) is 20.7. The lowest BCUT2D eigenvalue weighted by Crippen LogP contribution is -2.52. The number of nitrogens with zero attached hydrogens (tertiary/aromatic N) is 1. The second kappa shape index (κ2) is 11.1. The number of piperidine rings is 1. The highest BCUT2D eigenvalue weighted by Gasteiger charge is 2.34. The van der Waals surface area contributed by atoms with Crippen molar-refractivity contribution < 1.29 is 13.2 Å². The predicted octanol–water partition coefficient (Wildman–Crippen LogP) is 4.73. The minimum Gasteiger partial charge on any atom is -0.378 e. The quantitative estimate of drug-likeness (QED) is 0.606. The number of sulfonamides is 1. The van der Waals surface area contributed by atoms with Crippen LogP contribution in [0.3, 0.4) is 0 Å². The fraction of sp³-hybridized carbons (Fsp3) is 0.556. The summed E-state index contributed by atoms with van der Waals surface area (Å²) in [4.78, 5) is 2.47. The van der Waals surface area contributed by atoms with Gasteiger partial charge in [0.05, 0.1) is 19.0 Å². The van der Waals surface area contributed by atoms with E-state index in [0.717, 1.165) is 45.2 Å². The third kappa shape index (κ3) is 6.89. The van der Waals surface area contributed by atoms with Gasteiger partial charge in [-0.25, -0.2) is 13.1 Å². The van der Waals surface area contributed by atoms with Gasteiger partial charge in [0.2, 0.25) is 10.0 Å². The fourth-order valence-corrected chi connectivity index (χ4v) is 6.36. The van der Waals surface area contributed by atoms with Crippen molar-refractivity contribution >= 4 is 10.0 Å². The first-order valence-electron chi connectivity index (χ1n) is 12.3. The van der Waals surface area contributed by atoms with Gasteiger partial charge in [0.15, 0.2) is 0 Å². The van der Waals surface area contributed by atoms with Crippen LogP contribution in [0.15, 0.2) is 60.7 Å². The molecule has 1 heterocycles. The third-order valence-corrected chi connectivity index (χ3v) is 8.18. The Morgan fingerprint density at radius 2 is 1.61 bits per heavy atom. The molecule has 0 amide bonds. The molecule has 0 bridgehead atoms. The SMILES string of the molecule is C[C@H](c1ccccc1)N1CC[C@H](NS(C)(=O)=O)C(COC2CCC(c3ccccc3)CC2)C1. The summed E-state index contributed by atoms with van der Waals surface area (Å²) in [7, 11) is -3.25. The van der Waals surface area contributed by atoms with Gasteiger partial charge in [-0.15, -0.1) is 0 Å². The van der Waals surface area contributed by atoms with Crippen LogP contribution >= 0.6 is 0 Å². The van der Waals surface area contributed by atoms with Crippen LogP contribution < -0.4 is 4.72 Å². The van der Waals surface area contributed by atoms with E-state index in [1.807, 2.05) is 6.07 Å². The van der Waals surface area contributed by atoms with Crippen LogP contribution in [0, 0.1) is 5.92 Å². The van der Waals surface area contributed by atoms with Crippen molar-refractivity contribution in [2.45, 2.75) is 63.1 Å². The fourth-order valence-electron chi connectivity index (χ4n) is 5.50. The molecular formula is C27H38N2O3S. The Balaban J connectivity index is 1.35. The highest BCUT2D eigenvalue weighted by molar-refractivity contribution is 7.88. The highest BCUT2D eigenvalue weighted by Crippen LogP contribution is 2.34. The van der Waals surface area contributed by atoms with E-state index in [4.69, 9.17) is 4.74 Å². The van der Waals surface area contributed by atoms with Crippen LogP contribution in [-0.2, 0) is 14.8 Å². The molecule has 6 heteroatoms. The van der Waals surface area contributed by atoms with Gasteiger partial charge in [-0.1, -0.05) is 60.7 Å². The van der Waals surface area contributed by atoms with Gasteiger partial charge in [-0.2, -0.15) is 0 Å². The van der Waals surface area contributed by atoms with Crippen LogP contribution in [0.4, 0.5) is 0 Å². The van der Waals surface area contributed by atoms with Crippen molar-refractivity contribution in [2.24, 2.45) is 5.92 Å². The monoisotopic (exact) mass is 470 g/mol. The van der Waals surface area contributed by atoms with E-state index in [2.05, 4.69) is 71.1 Å². The highest BCUT2D eigenvalue weighted by atomic mass is 32.2. The van der Waals surface area contributed by atoms with Gasteiger partial charge >= 0.3 is 0 Å². The number of benzene rings is 2. The molecule has 180 valence electrons. The molecule has 1 aliphatic heterocycles. The summed E-state index contributed by atoms with van der Waals surface area (Å²) in [5, 5.41) is 0. The maximum absolute atomic E-state index is 12.0. The number of hydrogen-bond donors (Lipinski definition) is 1. The van der Waals surface area contributed by atoms with Gasteiger partial charge in [-0.05, 0) is 56.1 Å². The van der Waals surface area contributed by atoms with E-state index in [9.17, 15) is 8.42 Å². The summed E-state index contributed by atoms with van der Waals surface area (Å²) < 4.78 is 33.3. The number of ether oxygens (including phenoxy) is 1. The summed E-state index contributed by atoms with van der Waals surface area (Å²) in [6.07, 6.45) is 6.78. The van der Waals surface area contributed by atoms with Crippen LogP contribution in [0.1, 0.15) is 62.1 Å². The molecule has 5 nitrogen and oxygen atoms in total. The minimum atomic E-state index is -3.25. The molecule has 2 aromatic carbocycles. The van der Waals surface area contributed by atoms with Crippen molar-refractivity contribution in [1.29, 1.82) is 0 Å². The van der Waals surface area contributed by atoms with Gasteiger partial charge in [0.1, 0.15) is 0 Å². The lowest BCUT2D eigenvalue weighted by atomic mass is 9.82. The first kappa shape index (κ1) is 24.4. The second-order valence-electron chi connectivity index (χ2n) is 9.84. The molecule has 4 rings (SSSR count). The second-order valence-corrected chi connectivity index (χ2v) is 11.6. The lowest BCUT2D eigenvalue weighted by Gasteiger charge is -2.42. The molecule has 1 saturated heterocycles. The summed E-state index contributed by atoms with van der Waals surface area (Å²) in [5.74, 6) is 0.772. The van der Waals surface area contributed by atoms with Gasteiger partial charge in [0.25, 0.3) is 0 Å². The van der Waals surface area contributed by atoms with Crippen LogP contribution in [0.25, 0.3) is 0 Å². The molecule has 2 aliphatic rings. The number of rotatable bonds is 8. The summed E-state index contributed by atoms with van der Waals surface area (Å²) in [6.45, 7) is 4.55. The van der Waals surface area contributed by atoms with Crippen molar-refractivity contribution in [1.82, 2.24) is 9.62 Å². The third-order valence-electron chi connectivity index (χ3n) is 7.45. The average molecular weight is 471 g/mol. The Hall–Kier alpha value is -1.73. The van der Waals surface area contributed by atoms with E-state index in [1.165, 1.54) is 17.4 Å². The lowest BCUT2D eigenvalue weighted by molar-refractivity contribution is -0.0215. The van der Waals surface area contributed by atoms with E-state index in [0.29, 0.717) is 18.6 Å². The zero-order chi connectivity index (χ0) is 23.3. The molecule has 0 aromatic heterocycles. The summed E-state index contributed by atoms with van der Waals surface area (Å²) in [6, 6.07) is 21.6. The van der Waals surface area contributed by atoms with Crippen molar-refractivity contribution in [3.63, 3.8) is 0 Å². The van der Waals surface area contributed by atoms with Crippen LogP contribution in [0.5, 0.6) is 0 Å². The van der Waals surface area contributed by atoms with Crippen molar-refractivity contribution in [2.75, 3.05) is 26.0 Å².